The van der Waals surface area contributed by atoms with Gasteiger partial charge in [0.1, 0.15) is 17.2 Å². The van der Waals surface area contributed by atoms with E-state index in [1.165, 1.54) is 0 Å². The van der Waals surface area contributed by atoms with Crippen LogP contribution in [0.4, 0.5) is 5.69 Å². The summed E-state index contributed by atoms with van der Waals surface area (Å²) in [7, 11) is 1.65. The van der Waals surface area contributed by atoms with Crippen LogP contribution in [0.1, 0.15) is 36.8 Å². The third-order valence-corrected chi connectivity index (χ3v) is 6.09. The molecule has 0 saturated heterocycles. The van der Waals surface area contributed by atoms with Gasteiger partial charge in [0, 0.05) is 6.21 Å². The minimum Gasteiger partial charge on any atom is -0.497 e. The molecule has 0 aromatic heterocycles. The Morgan fingerprint density at radius 1 is 0.632 bits per heavy atom. The normalized spacial score (nSPS) is 10.7. The molecule has 0 N–H and O–H groups in total. The van der Waals surface area contributed by atoms with Crippen molar-refractivity contribution >= 4 is 11.9 Å². The molecule has 0 aliphatic carbocycles. The van der Waals surface area contributed by atoms with E-state index in [1.807, 2.05) is 103 Å². The van der Waals surface area contributed by atoms with E-state index >= 15 is 0 Å². The average molecular weight is 505 g/mol. The Kier molecular flexibility index (Phi) is 9.94. The number of benzene rings is 4. The van der Waals surface area contributed by atoms with Crippen molar-refractivity contribution in [1.29, 1.82) is 5.26 Å². The van der Waals surface area contributed by atoms with Crippen LogP contribution in [0.15, 0.2) is 102 Å². The third kappa shape index (κ3) is 8.25. The van der Waals surface area contributed by atoms with Gasteiger partial charge in [-0.3, -0.25) is 4.99 Å². The number of methoxy groups -OCH3 is 1. The number of hydrogen-bond donors (Lipinski definition) is 0. The second-order valence-corrected chi connectivity index (χ2v) is 8.85. The molecule has 192 valence electrons. The van der Waals surface area contributed by atoms with E-state index in [0.29, 0.717) is 18.8 Å². The van der Waals surface area contributed by atoms with Crippen molar-refractivity contribution in [1.82, 2.24) is 0 Å². The lowest BCUT2D eigenvalue weighted by atomic mass is 10.0. The summed E-state index contributed by atoms with van der Waals surface area (Å²) in [5.41, 5.74) is 4.78. The van der Waals surface area contributed by atoms with Gasteiger partial charge in [0.15, 0.2) is 0 Å². The molecule has 0 fully saturated rings. The summed E-state index contributed by atoms with van der Waals surface area (Å²) in [4.78, 5) is 4.49. The largest absolute Gasteiger partial charge is 0.497 e. The Labute approximate surface area is 225 Å². The Hall–Kier alpha value is -4.56. The van der Waals surface area contributed by atoms with Crippen LogP contribution in [0, 0.1) is 11.3 Å². The van der Waals surface area contributed by atoms with Crippen LogP contribution in [0.25, 0.3) is 11.1 Å². The molecule has 0 bridgehead atoms. The van der Waals surface area contributed by atoms with Gasteiger partial charge >= 0.3 is 0 Å². The van der Waals surface area contributed by atoms with Gasteiger partial charge in [0.25, 0.3) is 0 Å². The monoisotopic (exact) mass is 504 g/mol. The van der Waals surface area contributed by atoms with Gasteiger partial charge in [-0.2, -0.15) is 5.26 Å². The van der Waals surface area contributed by atoms with Crippen molar-refractivity contribution in [3.8, 4) is 34.4 Å². The number of ether oxygens (including phenoxy) is 3. The molecule has 0 unspecified atom stereocenters. The summed E-state index contributed by atoms with van der Waals surface area (Å²) < 4.78 is 16.9. The van der Waals surface area contributed by atoms with Crippen LogP contribution in [0.5, 0.6) is 17.2 Å². The Morgan fingerprint density at radius 2 is 1.13 bits per heavy atom. The van der Waals surface area contributed by atoms with E-state index in [4.69, 9.17) is 19.5 Å². The van der Waals surface area contributed by atoms with Crippen LogP contribution >= 0.6 is 0 Å². The van der Waals surface area contributed by atoms with Gasteiger partial charge in [-0.15, -0.1) is 0 Å². The molecule has 0 radical (unpaired) electrons. The van der Waals surface area contributed by atoms with Crippen molar-refractivity contribution in [3.05, 3.63) is 108 Å². The van der Waals surface area contributed by atoms with Crippen molar-refractivity contribution < 1.29 is 14.2 Å². The van der Waals surface area contributed by atoms with E-state index in [1.54, 1.807) is 7.11 Å². The lowest BCUT2D eigenvalue weighted by molar-refractivity contribution is 0.287. The highest BCUT2D eigenvalue weighted by Gasteiger charge is 2.01. The Balaban J connectivity index is 1.07. The van der Waals surface area contributed by atoms with Crippen LogP contribution in [0.2, 0.25) is 0 Å². The first kappa shape index (κ1) is 26.5. The van der Waals surface area contributed by atoms with Crippen molar-refractivity contribution in [3.63, 3.8) is 0 Å². The number of hydrogen-bond acceptors (Lipinski definition) is 5. The third-order valence-electron chi connectivity index (χ3n) is 6.09. The van der Waals surface area contributed by atoms with Crippen molar-refractivity contribution in [2.24, 2.45) is 4.99 Å². The molecule has 0 atom stereocenters. The number of aliphatic imine (C=N–C) groups is 1. The quantitative estimate of drug-likeness (QED) is 0.137. The first-order valence-electron chi connectivity index (χ1n) is 12.9. The van der Waals surface area contributed by atoms with Crippen LogP contribution in [-0.4, -0.2) is 26.5 Å². The molecule has 0 aliphatic heterocycles. The molecule has 5 nitrogen and oxygen atoms in total. The van der Waals surface area contributed by atoms with Gasteiger partial charge in [-0.1, -0.05) is 24.3 Å². The fraction of sp³-hybridized carbons (Fsp3) is 0.212. The summed E-state index contributed by atoms with van der Waals surface area (Å²) in [6.45, 7) is 1.41. The highest BCUT2D eigenvalue weighted by molar-refractivity contribution is 5.82. The van der Waals surface area contributed by atoms with E-state index in [0.717, 1.165) is 65.3 Å². The van der Waals surface area contributed by atoms with Gasteiger partial charge in [0.05, 0.1) is 37.6 Å². The summed E-state index contributed by atoms with van der Waals surface area (Å²) in [6, 6.07) is 33.5. The molecule has 0 heterocycles. The van der Waals surface area contributed by atoms with Crippen molar-refractivity contribution in [2.45, 2.75) is 25.7 Å². The van der Waals surface area contributed by atoms with Crippen LogP contribution in [0.3, 0.4) is 0 Å². The molecule has 0 aliphatic rings. The lowest BCUT2D eigenvalue weighted by Crippen LogP contribution is -2.00. The maximum atomic E-state index is 8.93. The fourth-order valence-electron chi connectivity index (χ4n) is 3.89. The second-order valence-electron chi connectivity index (χ2n) is 8.85. The molecule has 4 aromatic carbocycles. The fourth-order valence-corrected chi connectivity index (χ4v) is 3.89. The van der Waals surface area contributed by atoms with E-state index in [-0.39, 0.29) is 0 Å². The molecule has 5 heteroatoms. The molecule has 0 saturated carbocycles. The minimum atomic E-state index is 0.668. The second kappa shape index (κ2) is 14.2. The molecule has 4 aromatic rings. The summed E-state index contributed by atoms with van der Waals surface area (Å²) >= 11 is 0. The van der Waals surface area contributed by atoms with Gasteiger partial charge in [0.2, 0.25) is 0 Å². The van der Waals surface area contributed by atoms with E-state index in [2.05, 4.69) is 11.1 Å². The highest BCUT2D eigenvalue weighted by Crippen LogP contribution is 2.23. The molecule has 4 rings (SSSR count). The first-order valence-corrected chi connectivity index (χ1v) is 12.9. The SMILES string of the molecule is COc1ccc(N=Cc2ccc(OCCCCCCOc3ccc(-c4ccc(C#N)cc4)cc3)cc2)cc1. The number of rotatable bonds is 13. The van der Waals surface area contributed by atoms with Crippen LogP contribution in [-0.2, 0) is 0 Å². The number of nitrogens with zero attached hydrogens (tertiary/aromatic N) is 2. The van der Waals surface area contributed by atoms with Gasteiger partial charge in [-0.25, -0.2) is 0 Å². The topological polar surface area (TPSA) is 63.8 Å². The first-order chi connectivity index (χ1) is 18.7. The van der Waals surface area contributed by atoms with Crippen LogP contribution < -0.4 is 14.2 Å². The average Bonchev–Trinajstić information content (AvgIpc) is 2.98. The Bertz CT molecular complexity index is 1320. The van der Waals surface area contributed by atoms with E-state index < -0.39 is 0 Å². The van der Waals surface area contributed by atoms with Gasteiger partial charge < -0.3 is 14.2 Å². The summed E-state index contributed by atoms with van der Waals surface area (Å²) in [6.07, 6.45) is 6.08. The Morgan fingerprint density at radius 3 is 1.66 bits per heavy atom. The molecule has 38 heavy (non-hydrogen) atoms. The zero-order valence-electron chi connectivity index (χ0n) is 21.7. The van der Waals surface area contributed by atoms with Gasteiger partial charge in [-0.05, 0) is 115 Å². The smallest absolute Gasteiger partial charge is 0.119 e. The standard InChI is InChI=1S/C33H32N2O3/c1-36-31-20-14-30(15-21-31)35-25-27-8-16-32(17-9-27)37-22-4-2-3-5-23-38-33-18-12-29(13-19-33)28-10-6-26(24-34)7-11-28/h6-21,25H,2-5,22-23H2,1H3. The number of nitriles is 1. The highest BCUT2D eigenvalue weighted by atomic mass is 16.5. The van der Waals surface area contributed by atoms with E-state index in [9.17, 15) is 0 Å². The molecule has 0 amide bonds. The predicted molar refractivity (Wildman–Crippen MR) is 153 cm³/mol. The zero-order chi connectivity index (χ0) is 26.4. The lowest BCUT2D eigenvalue weighted by Gasteiger charge is -2.08. The maximum absolute atomic E-state index is 8.93. The molecular weight excluding hydrogens is 472 g/mol. The summed E-state index contributed by atoms with van der Waals surface area (Å²) in [5.74, 6) is 2.57. The maximum Gasteiger partial charge on any atom is 0.119 e. The number of unbranched alkanes of at least 4 members (excludes halogenated alkanes) is 3. The molecular formula is C33H32N2O3. The summed E-state index contributed by atoms with van der Waals surface area (Å²) in [5, 5.41) is 8.93. The zero-order valence-corrected chi connectivity index (χ0v) is 21.7. The predicted octanol–water partition coefficient (Wildman–Crippen LogP) is 8.00. The minimum absolute atomic E-state index is 0.668. The molecule has 0 spiro atoms. The van der Waals surface area contributed by atoms with Crippen molar-refractivity contribution in [2.75, 3.05) is 20.3 Å².